The van der Waals surface area contributed by atoms with E-state index in [1.165, 1.54) is 0 Å². The van der Waals surface area contributed by atoms with Crippen LogP contribution in [0, 0.1) is 5.92 Å². The van der Waals surface area contributed by atoms with Crippen LogP contribution in [0.3, 0.4) is 0 Å². The van der Waals surface area contributed by atoms with Gasteiger partial charge in [-0.15, -0.1) is 0 Å². The summed E-state index contributed by atoms with van der Waals surface area (Å²) in [6, 6.07) is 0. The summed E-state index contributed by atoms with van der Waals surface area (Å²) < 4.78 is 6.55. The first-order valence-corrected chi connectivity index (χ1v) is 5.88. The van der Waals surface area contributed by atoms with E-state index in [2.05, 4.69) is 31.9 Å². The monoisotopic (exact) mass is 322 g/mol. The molecule has 0 saturated carbocycles. The molecule has 0 spiro atoms. The lowest BCUT2D eigenvalue weighted by Crippen LogP contribution is -2.36. The Hall–Kier alpha value is 0.0700. The average Bonchev–Trinajstić information content (AvgIpc) is 2.13. The first kappa shape index (κ1) is 12.1. The Labute approximate surface area is 101 Å². The van der Waals surface area contributed by atoms with E-state index in [9.17, 15) is 4.79 Å². The fourth-order valence-corrected chi connectivity index (χ4v) is 2.78. The number of ether oxygens (including phenoxy) is 1. The van der Waals surface area contributed by atoms with Crippen molar-refractivity contribution >= 4 is 37.6 Å². The Bertz CT molecular complexity index is 294. The van der Waals surface area contributed by atoms with E-state index in [0.29, 0.717) is 8.96 Å². The van der Waals surface area contributed by atoms with Crippen LogP contribution in [0.15, 0.2) is 21.1 Å². The molecule has 0 radical (unpaired) electrons. The molecule has 1 rings (SSSR count). The van der Waals surface area contributed by atoms with Crippen LogP contribution in [0.25, 0.3) is 0 Å². The molecule has 14 heavy (non-hydrogen) atoms. The molecule has 0 fully saturated rings. The predicted molar refractivity (Wildman–Crippen MR) is 63.6 cm³/mol. The highest BCUT2D eigenvalue weighted by Gasteiger charge is 2.35. The summed E-state index contributed by atoms with van der Waals surface area (Å²) in [6.07, 6.45) is 3.62. The van der Waals surface area contributed by atoms with Crippen molar-refractivity contribution in [3.05, 3.63) is 21.1 Å². The third-order valence-corrected chi connectivity index (χ3v) is 3.57. The van der Waals surface area contributed by atoms with Crippen molar-refractivity contribution < 1.29 is 9.53 Å². The average molecular weight is 324 g/mol. The molecule has 0 aromatic carbocycles. The van der Waals surface area contributed by atoms with Gasteiger partial charge in [-0.1, -0.05) is 13.8 Å². The van der Waals surface area contributed by atoms with E-state index >= 15 is 0 Å². The maximum absolute atomic E-state index is 11.5. The second kappa shape index (κ2) is 4.29. The van der Waals surface area contributed by atoms with Gasteiger partial charge in [-0.25, -0.2) is 0 Å². The number of ketones is 1. The number of hydrogen-bond donors (Lipinski definition) is 0. The van der Waals surface area contributed by atoms with Crippen LogP contribution >= 0.6 is 31.9 Å². The van der Waals surface area contributed by atoms with Gasteiger partial charge >= 0.3 is 0 Å². The lowest BCUT2D eigenvalue weighted by molar-refractivity contribution is -0.111. The second-order valence-electron chi connectivity index (χ2n) is 3.53. The maximum Gasteiger partial charge on any atom is 0.206 e. The molecule has 0 saturated heterocycles. The van der Waals surface area contributed by atoms with Gasteiger partial charge in [0.05, 0.1) is 8.96 Å². The third-order valence-electron chi connectivity index (χ3n) is 2.39. The fourth-order valence-electron chi connectivity index (χ4n) is 1.37. The van der Waals surface area contributed by atoms with E-state index in [1.54, 1.807) is 7.11 Å². The quantitative estimate of drug-likeness (QED) is 0.780. The van der Waals surface area contributed by atoms with E-state index in [1.807, 2.05) is 26.0 Å². The Morgan fingerprint density at radius 3 is 2.00 bits per heavy atom. The second-order valence-corrected chi connectivity index (χ2v) is 5.23. The number of rotatable bonds is 2. The van der Waals surface area contributed by atoms with Crippen molar-refractivity contribution in [2.24, 2.45) is 5.92 Å². The number of hydrogen-bond acceptors (Lipinski definition) is 2. The van der Waals surface area contributed by atoms with Gasteiger partial charge in [0, 0.05) is 7.11 Å². The van der Waals surface area contributed by atoms with Crippen LogP contribution in [0.1, 0.15) is 13.8 Å². The molecule has 0 bridgehead atoms. The molecule has 0 aliphatic heterocycles. The number of carbonyl (C=O) groups excluding carboxylic acids is 1. The zero-order valence-electron chi connectivity index (χ0n) is 8.30. The molecule has 0 atom stereocenters. The van der Waals surface area contributed by atoms with Crippen molar-refractivity contribution in [3.8, 4) is 0 Å². The lowest BCUT2D eigenvalue weighted by Gasteiger charge is -2.33. The predicted octanol–water partition coefficient (Wildman–Crippen LogP) is 3.17. The molecule has 0 amide bonds. The molecule has 0 aromatic rings. The van der Waals surface area contributed by atoms with Gasteiger partial charge in [0.1, 0.15) is 5.60 Å². The van der Waals surface area contributed by atoms with Gasteiger partial charge in [0.15, 0.2) is 0 Å². The Kier molecular flexibility index (Phi) is 3.72. The van der Waals surface area contributed by atoms with Crippen molar-refractivity contribution in [2.75, 3.05) is 7.11 Å². The largest absolute Gasteiger partial charge is 0.370 e. The minimum absolute atomic E-state index is 0.0432. The number of Topliss-reactive ketones (excluding diaryl/α,β-unsaturated/α-hetero) is 1. The summed E-state index contributed by atoms with van der Waals surface area (Å²) in [6.45, 7) is 4.10. The Morgan fingerprint density at radius 1 is 1.29 bits per heavy atom. The standard InChI is InChI=1S/C10H12Br2O2/c1-6(2)10(14-3)4-7(11)9(13)8(12)5-10/h4-6H,1-3H3. The normalized spacial score (nSPS) is 20.9. The van der Waals surface area contributed by atoms with Crippen LogP contribution < -0.4 is 0 Å². The molecule has 0 unspecified atom stereocenters. The zero-order valence-corrected chi connectivity index (χ0v) is 11.5. The van der Waals surface area contributed by atoms with E-state index in [-0.39, 0.29) is 11.7 Å². The third kappa shape index (κ3) is 2.02. The van der Waals surface area contributed by atoms with Gasteiger partial charge in [-0.2, -0.15) is 0 Å². The molecule has 1 aliphatic rings. The van der Waals surface area contributed by atoms with Gasteiger partial charge in [-0.3, -0.25) is 4.79 Å². The van der Waals surface area contributed by atoms with Gasteiger partial charge in [0.25, 0.3) is 0 Å². The summed E-state index contributed by atoms with van der Waals surface area (Å²) in [4.78, 5) is 11.5. The zero-order chi connectivity index (χ0) is 10.9. The maximum atomic E-state index is 11.5. The molecule has 1 aliphatic carbocycles. The van der Waals surface area contributed by atoms with E-state index in [0.717, 1.165) is 0 Å². The van der Waals surface area contributed by atoms with Crippen LogP contribution in [-0.4, -0.2) is 18.5 Å². The minimum atomic E-state index is -0.494. The smallest absolute Gasteiger partial charge is 0.206 e. The Morgan fingerprint density at radius 2 is 1.71 bits per heavy atom. The molecule has 4 heteroatoms. The minimum Gasteiger partial charge on any atom is -0.370 e. The first-order valence-electron chi connectivity index (χ1n) is 4.29. The molecule has 0 aromatic heterocycles. The van der Waals surface area contributed by atoms with Crippen molar-refractivity contribution in [1.29, 1.82) is 0 Å². The topological polar surface area (TPSA) is 26.3 Å². The van der Waals surface area contributed by atoms with Crippen molar-refractivity contribution in [2.45, 2.75) is 19.4 Å². The van der Waals surface area contributed by atoms with Gasteiger partial charge in [-0.05, 0) is 49.9 Å². The van der Waals surface area contributed by atoms with Crippen LogP contribution in [0.2, 0.25) is 0 Å². The summed E-state index contributed by atoms with van der Waals surface area (Å²) in [7, 11) is 1.64. The van der Waals surface area contributed by atoms with Crippen molar-refractivity contribution in [3.63, 3.8) is 0 Å². The first-order chi connectivity index (χ1) is 6.43. The molecular formula is C10H12Br2O2. The Balaban J connectivity index is 3.19. The molecule has 78 valence electrons. The number of methoxy groups -OCH3 is 1. The molecular weight excluding hydrogens is 312 g/mol. The van der Waals surface area contributed by atoms with Crippen LogP contribution in [-0.2, 0) is 9.53 Å². The number of carbonyl (C=O) groups is 1. The van der Waals surface area contributed by atoms with E-state index in [4.69, 9.17) is 4.74 Å². The highest BCUT2D eigenvalue weighted by atomic mass is 79.9. The SMILES string of the molecule is COC1(C(C)C)C=C(Br)C(=O)C(Br)=C1. The van der Waals surface area contributed by atoms with Crippen LogP contribution in [0.4, 0.5) is 0 Å². The fraction of sp³-hybridized carbons (Fsp3) is 0.500. The summed E-state index contributed by atoms with van der Waals surface area (Å²) in [5.74, 6) is 0.221. The summed E-state index contributed by atoms with van der Waals surface area (Å²) in [5.41, 5.74) is -0.494. The summed E-state index contributed by atoms with van der Waals surface area (Å²) in [5, 5.41) is 0. The highest BCUT2D eigenvalue weighted by Crippen LogP contribution is 2.35. The number of allylic oxidation sites excluding steroid dienone is 2. The van der Waals surface area contributed by atoms with Gasteiger partial charge < -0.3 is 4.74 Å². The molecule has 0 heterocycles. The van der Waals surface area contributed by atoms with Gasteiger partial charge in [0.2, 0.25) is 5.78 Å². The number of halogens is 2. The van der Waals surface area contributed by atoms with Crippen LogP contribution in [0.5, 0.6) is 0 Å². The molecule has 0 N–H and O–H groups in total. The lowest BCUT2D eigenvalue weighted by atomic mass is 9.86. The summed E-state index contributed by atoms with van der Waals surface area (Å²) >= 11 is 6.48. The highest BCUT2D eigenvalue weighted by molar-refractivity contribution is 9.13. The molecule has 2 nitrogen and oxygen atoms in total. The van der Waals surface area contributed by atoms with E-state index < -0.39 is 5.60 Å². The van der Waals surface area contributed by atoms with Crippen molar-refractivity contribution in [1.82, 2.24) is 0 Å².